The number of quaternary nitrogens is 1. The Morgan fingerprint density at radius 3 is 1.89 bits per heavy atom. The van der Waals surface area contributed by atoms with Crippen molar-refractivity contribution in [1.82, 2.24) is 9.55 Å². The van der Waals surface area contributed by atoms with Crippen molar-refractivity contribution < 1.29 is 35.7 Å². The molecule has 0 N–H and O–H groups in total. The maximum Gasteiger partial charge on any atom is 0.262 e. The van der Waals surface area contributed by atoms with Crippen LogP contribution in [0.2, 0.25) is 0 Å². The Morgan fingerprint density at radius 1 is 0.773 bits per heavy atom. The lowest BCUT2D eigenvalue weighted by molar-refractivity contribution is -0.903. The van der Waals surface area contributed by atoms with E-state index in [9.17, 15) is 4.79 Å². The second-order valence-electron chi connectivity index (χ2n) is 12.2. The summed E-state index contributed by atoms with van der Waals surface area (Å²) in [7, 11) is 9.23. The summed E-state index contributed by atoms with van der Waals surface area (Å²) in [4.78, 5) is 19.1. The Kier molecular flexibility index (Phi) is 12.4. The van der Waals surface area contributed by atoms with Gasteiger partial charge in [0.15, 0.2) is 16.7 Å². The lowest BCUT2D eigenvalue weighted by Gasteiger charge is -2.30. The lowest BCUT2D eigenvalue weighted by Crippen LogP contribution is -3.00. The van der Waals surface area contributed by atoms with Crippen LogP contribution in [0.25, 0.3) is 10.9 Å². The number of benzene rings is 3. The molecule has 0 unspecified atom stereocenters. The van der Waals surface area contributed by atoms with Crippen LogP contribution in [0.5, 0.6) is 17.2 Å². The van der Waals surface area contributed by atoms with Gasteiger partial charge in [0.2, 0.25) is 5.75 Å². The van der Waals surface area contributed by atoms with Gasteiger partial charge in [0, 0.05) is 17.9 Å². The molecule has 0 spiro atoms. The van der Waals surface area contributed by atoms with Gasteiger partial charge >= 0.3 is 0 Å². The minimum atomic E-state index is -0.101. The summed E-state index contributed by atoms with van der Waals surface area (Å²) in [6.45, 7) is 11.1. The van der Waals surface area contributed by atoms with Crippen LogP contribution in [0, 0.1) is 27.7 Å². The highest BCUT2D eigenvalue weighted by Crippen LogP contribution is 2.42. The molecule has 9 heteroatoms. The molecular formula is C35H46BrN3O4S. The van der Waals surface area contributed by atoms with Gasteiger partial charge in [-0.05, 0) is 52.2 Å². The Balaban J connectivity index is 0.00000529. The van der Waals surface area contributed by atoms with Crippen molar-refractivity contribution in [2.75, 3.05) is 42.0 Å². The summed E-state index contributed by atoms with van der Waals surface area (Å²) < 4.78 is 19.6. The largest absolute Gasteiger partial charge is 1.00 e. The maximum absolute atomic E-state index is 14.1. The fourth-order valence-corrected chi connectivity index (χ4v) is 6.90. The summed E-state index contributed by atoms with van der Waals surface area (Å²) in [5.41, 5.74) is 7.99. The normalized spacial score (nSPS) is 11.4. The third-order valence-corrected chi connectivity index (χ3v) is 8.70. The van der Waals surface area contributed by atoms with Gasteiger partial charge in [-0.15, -0.1) is 0 Å². The molecule has 0 aliphatic rings. The molecule has 0 amide bonds. The van der Waals surface area contributed by atoms with Crippen molar-refractivity contribution in [3.8, 4) is 17.2 Å². The Bertz CT molecular complexity index is 1630. The van der Waals surface area contributed by atoms with Crippen molar-refractivity contribution in [2.45, 2.75) is 64.5 Å². The van der Waals surface area contributed by atoms with Crippen LogP contribution >= 0.6 is 11.8 Å². The van der Waals surface area contributed by atoms with E-state index in [1.807, 2.05) is 4.57 Å². The number of ether oxygens (including phenoxy) is 3. The highest BCUT2D eigenvalue weighted by molar-refractivity contribution is 7.98. The molecule has 0 saturated carbocycles. The maximum atomic E-state index is 14.1. The zero-order valence-electron chi connectivity index (χ0n) is 27.5. The van der Waals surface area contributed by atoms with Crippen LogP contribution in [-0.4, -0.2) is 56.0 Å². The van der Waals surface area contributed by atoms with E-state index in [1.54, 1.807) is 39.2 Å². The first kappa shape index (κ1) is 35.5. The van der Waals surface area contributed by atoms with Crippen molar-refractivity contribution >= 4 is 22.7 Å². The molecule has 1 heterocycles. The second-order valence-corrected chi connectivity index (χ2v) is 13.1. The second kappa shape index (κ2) is 15.3. The number of thioether (sulfide) groups is 1. The van der Waals surface area contributed by atoms with Gasteiger partial charge in [-0.3, -0.25) is 9.36 Å². The van der Waals surface area contributed by atoms with Gasteiger partial charge in [0.25, 0.3) is 5.56 Å². The zero-order valence-corrected chi connectivity index (χ0v) is 29.9. The standard InChI is InChI=1S/C35H46N3O4S.BrH/c1-23-14-24(2)17-27(16-23)21-38(5,6)13-11-10-12-37-34(39)29-20-30(40-7)32(41-8)33(42-9)31(29)36-35(37)43-22-28-18-25(3)15-26(4)19-28;/h14-20H,10-13,21-22H2,1-9H3;1H/q+1;/p-1. The van der Waals surface area contributed by atoms with E-state index in [2.05, 4.69) is 78.2 Å². The smallest absolute Gasteiger partial charge is 0.262 e. The number of unbranched alkanes of at least 4 members (excludes halogenated alkanes) is 1. The number of aromatic nitrogens is 2. The van der Waals surface area contributed by atoms with Crippen molar-refractivity contribution in [2.24, 2.45) is 0 Å². The summed E-state index contributed by atoms with van der Waals surface area (Å²) in [5, 5.41) is 1.13. The number of fused-ring (bicyclic) bond motifs is 1. The number of nitrogens with zero attached hydrogens (tertiary/aromatic N) is 3. The molecular weight excluding hydrogens is 638 g/mol. The van der Waals surface area contributed by atoms with Crippen LogP contribution in [0.3, 0.4) is 0 Å². The topological polar surface area (TPSA) is 62.6 Å². The zero-order chi connectivity index (χ0) is 31.3. The molecule has 0 aliphatic heterocycles. The predicted octanol–water partition coefficient (Wildman–Crippen LogP) is 4.01. The van der Waals surface area contributed by atoms with E-state index in [1.165, 1.54) is 33.4 Å². The average molecular weight is 685 g/mol. The molecule has 7 nitrogen and oxygen atoms in total. The minimum absolute atomic E-state index is 0. The van der Waals surface area contributed by atoms with E-state index >= 15 is 0 Å². The van der Waals surface area contributed by atoms with Crippen molar-refractivity contribution in [1.29, 1.82) is 0 Å². The summed E-state index contributed by atoms with van der Waals surface area (Å²) in [5.74, 6) is 1.98. The fourth-order valence-electron chi connectivity index (χ4n) is 5.95. The molecule has 238 valence electrons. The quantitative estimate of drug-likeness (QED) is 0.0919. The Labute approximate surface area is 276 Å². The van der Waals surface area contributed by atoms with E-state index in [0.29, 0.717) is 45.6 Å². The van der Waals surface area contributed by atoms with Gasteiger partial charge in [-0.2, -0.15) is 0 Å². The van der Waals surface area contributed by atoms with Gasteiger partial charge in [0.1, 0.15) is 12.1 Å². The molecule has 1 aromatic heterocycles. The van der Waals surface area contributed by atoms with Crippen LogP contribution < -0.4 is 36.8 Å². The lowest BCUT2D eigenvalue weighted by atomic mass is 10.1. The van der Waals surface area contributed by atoms with Crippen LogP contribution in [0.1, 0.15) is 46.2 Å². The Hall–Kier alpha value is -3.01. The molecule has 0 aliphatic carbocycles. The average Bonchev–Trinajstić information content (AvgIpc) is 2.92. The SMILES string of the molecule is COc1cc2c(=O)n(CCCC[N+](C)(C)Cc3cc(C)cc(C)c3)c(SCc3cc(C)cc(C)c3)nc2c(OC)c1OC.[Br-]. The number of rotatable bonds is 13. The van der Waals surface area contributed by atoms with Crippen LogP contribution in [-0.2, 0) is 18.8 Å². The van der Waals surface area contributed by atoms with Gasteiger partial charge in [-0.25, -0.2) is 4.98 Å². The van der Waals surface area contributed by atoms with E-state index < -0.39 is 0 Å². The number of aryl methyl sites for hydroxylation is 4. The highest BCUT2D eigenvalue weighted by atomic mass is 79.9. The number of hydrogen-bond donors (Lipinski definition) is 0. The van der Waals surface area contributed by atoms with Gasteiger partial charge in [-0.1, -0.05) is 70.4 Å². The molecule has 4 aromatic rings. The molecule has 4 rings (SSSR count). The van der Waals surface area contributed by atoms with E-state index in [-0.39, 0.29) is 22.5 Å². The first-order chi connectivity index (χ1) is 20.4. The molecule has 3 aromatic carbocycles. The molecule has 0 radical (unpaired) electrons. The molecule has 0 atom stereocenters. The minimum Gasteiger partial charge on any atom is -1.00 e. The monoisotopic (exact) mass is 683 g/mol. The van der Waals surface area contributed by atoms with E-state index in [0.717, 1.165) is 30.4 Å². The van der Waals surface area contributed by atoms with E-state index in [4.69, 9.17) is 19.2 Å². The molecule has 44 heavy (non-hydrogen) atoms. The number of halogens is 1. The van der Waals surface area contributed by atoms with Crippen LogP contribution in [0.4, 0.5) is 0 Å². The third kappa shape index (κ3) is 8.58. The fraction of sp³-hybridized carbons (Fsp3) is 0.429. The summed E-state index contributed by atoms with van der Waals surface area (Å²) in [6, 6.07) is 15.0. The first-order valence-electron chi connectivity index (χ1n) is 14.8. The number of methoxy groups -OCH3 is 3. The van der Waals surface area contributed by atoms with Crippen molar-refractivity contribution in [3.05, 3.63) is 86.2 Å². The summed E-state index contributed by atoms with van der Waals surface area (Å²) in [6.07, 6.45) is 1.85. The molecule has 0 bridgehead atoms. The summed E-state index contributed by atoms with van der Waals surface area (Å²) >= 11 is 1.58. The Morgan fingerprint density at radius 2 is 1.34 bits per heavy atom. The number of hydrogen-bond acceptors (Lipinski definition) is 6. The third-order valence-electron chi connectivity index (χ3n) is 7.65. The highest BCUT2D eigenvalue weighted by Gasteiger charge is 2.23. The van der Waals surface area contributed by atoms with Gasteiger partial charge < -0.3 is 35.7 Å². The molecule has 0 saturated heterocycles. The molecule has 0 fully saturated rings. The first-order valence-corrected chi connectivity index (χ1v) is 15.8. The van der Waals surface area contributed by atoms with Crippen molar-refractivity contribution in [3.63, 3.8) is 0 Å². The predicted molar refractivity (Wildman–Crippen MR) is 177 cm³/mol. The van der Waals surface area contributed by atoms with Gasteiger partial charge in [0.05, 0.1) is 47.4 Å². The van der Waals surface area contributed by atoms with Crippen LogP contribution in [0.15, 0.2) is 52.4 Å².